The van der Waals surface area contributed by atoms with Crippen molar-refractivity contribution in [2.75, 3.05) is 18.4 Å². The third-order valence-corrected chi connectivity index (χ3v) is 3.98. The Kier molecular flexibility index (Phi) is 5.14. The molecule has 0 spiro atoms. The second kappa shape index (κ2) is 6.85. The van der Waals surface area contributed by atoms with Gasteiger partial charge >= 0.3 is 0 Å². The molecule has 0 saturated carbocycles. The van der Waals surface area contributed by atoms with E-state index in [0.717, 1.165) is 25.9 Å². The molecular formula is C15H18BrNO2. The minimum atomic E-state index is 0.0359. The zero-order chi connectivity index (χ0) is 13.7. The van der Waals surface area contributed by atoms with Crippen LogP contribution in [0.3, 0.4) is 0 Å². The summed E-state index contributed by atoms with van der Waals surface area (Å²) >= 11 is 3.15. The molecule has 0 unspecified atom stereocenters. The summed E-state index contributed by atoms with van der Waals surface area (Å²) in [5.74, 6) is 0.119. The Morgan fingerprint density at radius 1 is 0.947 bits per heavy atom. The number of benzene rings is 1. The van der Waals surface area contributed by atoms with Crippen molar-refractivity contribution in [3.05, 3.63) is 35.4 Å². The van der Waals surface area contributed by atoms with E-state index in [1.807, 2.05) is 4.90 Å². The highest BCUT2D eigenvalue weighted by atomic mass is 79.9. The van der Waals surface area contributed by atoms with Crippen molar-refractivity contribution < 1.29 is 9.59 Å². The maximum absolute atomic E-state index is 12.3. The number of hydrogen-bond acceptors (Lipinski definition) is 2. The smallest absolute Gasteiger partial charge is 0.253 e. The third-order valence-electron chi connectivity index (χ3n) is 3.47. The molecule has 0 radical (unpaired) electrons. The van der Waals surface area contributed by atoms with Crippen LogP contribution in [0.4, 0.5) is 0 Å². The molecule has 0 atom stereocenters. The molecule has 0 N–H and O–H groups in total. The van der Waals surface area contributed by atoms with E-state index in [4.69, 9.17) is 0 Å². The number of carbonyl (C=O) groups excluding carboxylic acids is 2. The molecule has 0 aliphatic carbocycles. The Bertz CT molecular complexity index is 448. The Morgan fingerprint density at radius 3 is 2.00 bits per heavy atom. The van der Waals surface area contributed by atoms with Gasteiger partial charge in [-0.3, -0.25) is 9.59 Å². The normalized spacial score (nSPS) is 15.9. The van der Waals surface area contributed by atoms with Crippen molar-refractivity contribution in [3.8, 4) is 0 Å². The van der Waals surface area contributed by atoms with Crippen LogP contribution in [-0.4, -0.2) is 35.0 Å². The molecule has 1 saturated heterocycles. The van der Waals surface area contributed by atoms with Crippen LogP contribution in [0.5, 0.6) is 0 Å². The molecule has 1 heterocycles. The van der Waals surface area contributed by atoms with Crippen LogP contribution in [0.1, 0.15) is 46.4 Å². The first-order valence-corrected chi connectivity index (χ1v) is 7.83. The Morgan fingerprint density at radius 2 is 1.47 bits per heavy atom. The van der Waals surface area contributed by atoms with Gasteiger partial charge in [0.2, 0.25) is 0 Å². The van der Waals surface area contributed by atoms with Crippen molar-refractivity contribution in [1.82, 2.24) is 4.90 Å². The van der Waals surface area contributed by atoms with Gasteiger partial charge in [0, 0.05) is 24.2 Å². The number of amides is 1. The highest BCUT2D eigenvalue weighted by Gasteiger charge is 2.17. The Balaban J connectivity index is 2.08. The summed E-state index contributed by atoms with van der Waals surface area (Å²) in [6, 6.07) is 6.97. The van der Waals surface area contributed by atoms with Crippen molar-refractivity contribution in [1.29, 1.82) is 0 Å². The van der Waals surface area contributed by atoms with Gasteiger partial charge in [-0.1, -0.05) is 40.9 Å². The lowest BCUT2D eigenvalue weighted by Crippen LogP contribution is -2.31. The molecule has 1 aromatic rings. The number of likely N-dealkylation sites (tertiary alicyclic amines) is 1. The molecule has 102 valence electrons. The fraction of sp³-hybridized carbons (Fsp3) is 0.467. The maximum Gasteiger partial charge on any atom is 0.253 e. The second-order valence-electron chi connectivity index (χ2n) is 4.84. The number of alkyl halides is 1. The number of hydrogen-bond donors (Lipinski definition) is 0. The molecule has 1 amide bonds. The van der Waals surface area contributed by atoms with Gasteiger partial charge in [-0.15, -0.1) is 0 Å². The quantitative estimate of drug-likeness (QED) is 0.632. The van der Waals surface area contributed by atoms with E-state index in [1.165, 1.54) is 12.8 Å². The molecule has 1 fully saturated rings. The van der Waals surface area contributed by atoms with Crippen molar-refractivity contribution >= 4 is 27.6 Å². The summed E-state index contributed by atoms with van der Waals surface area (Å²) < 4.78 is 0. The maximum atomic E-state index is 12.3. The number of halogens is 1. The van der Waals surface area contributed by atoms with E-state index in [1.54, 1.807) is 24.3 Å². The molecule has 2 rings (SSSR count). The lowest BCUT2D eigenvalue weighted by atomic mass is 10.1. The van der Waals surface area contributed by atoms with E-state index in [9.17, 15) is 9.59 Å². The predicted molar refractivity (Wildman–Crippen MR) is 78.9 cm³/mol. The largest absolute Gasteiger partial charge is 0.339 e. The first kappa shape index (κ1) is 14.3. The second-order valence-corrected chi connectivity index (χ2v) is 5.40. The third kappa shape index (κ3) is 3.66. The molecule has 0 bridgehead atoms. The van der Waals surface area contributed by atoms with Crippen molar-refractivity contribution in [3.63, 3.8) is 0 Å². The van der Waals surface area contributed by atoms with E-state index in [-0.39, 0.29) is 11.7 Å². The molecule has 3 nitrogen and oxygen atoms in total. The van der Waals surface area contributed by atoms with E-state index in [0.29, 0.717) is 16.5 Å². The standard InChI is InChI=1S/C15H18BrNO2/c16-11-14(18)12-5-7-13(8-6-12)15(19)17-9-3-1-2-4-10-17/h5-8H,1-4,9-11H2. The molecule has 19 heavy (non-hydrogen) atoms. The molecular weight excluding hydrogens is 306 g/mol. The zero-order valence-corrected chi connectivity index (χ0v) is 12.5. The summed E-state index contributed by atoms with van der Waals surface area (Å²) in [4.78, 5) is 25.8. The summed E-state index contributed by atoms with van der Waals surface area (Å²) in [5, 5.41) is 0.312. The fourth-order valence-electron chi connectivity index (χ4n) is 2.33. The minimum Gasteiger partial charge on any atom is -0.339 e. The van der Waals surface area contributed by atoms with Crippen LogP contribution in [0.15, 0.2) is 24.3 Å². The molecule has 1 aliphatic heterocycles. The van der Waals surface area contributed by atoms with E-state index < -0.39 is 0 Å². The van der Waals surface area contributed by atoms with Gasteiger partial charge in [-0.05, 0) is 25.0 Å². The van der Waals surface area contributed by atoms with Gasteiger partial charge in [0.1, 0.15) is 0 Å². The first-order valence-electron chi connectivity index (χ1n) is 6.71. The van der Waals surface area contributed by atoms with E-state index >= 15 is 0 Å². The number of ketones is 1. The molecule has 0 aromatic heterocycles. The number of carbonyl (C=O) groups is 2. The van der Waals surface area contributed by atoms with Crippen LogP contribution in [0.25, 0.3) is 0 Å². The van der Waals surface area contributed by atoms with Gasteiger partial charge in [-0.25, -0.2) is 0 Å². The number of nitrogens with zero attached hydrogens (tertiary/aromatic N) is 1. The lowest BCUT2D eigenvalue weighted by Gasteiger charge is -2.20. The molecule has 4 heteroatoms. The summed E-state index contributed by atoms with van der Waals surface area (Å²) in [7, 11) is 0. The lowest BCUT2D eigenvalue weighted by molar-refractivity contribution is 0.0761. The average Bonchev–Trinajstić information content (AvgIpc) is 2.75. The number of rotatable bonds is 3. The van der Waals surface area contributed by atoms with Gasteiger partial charge in [0.15, 0.2) is 5.78 Å². The summed E-state index contributed by atoms with van der Waals surface area (Å²) in [6.45, 7) is 1.70. The highest BCUT2D eigenvalue weighted by Crippen LogP contribution is 2.14. The predicted octanol–water partition coefficient (Wildman–Crippen LogP) is 3.28. The minimum absolute atomic E-state index is 0.0359. The first-order chi connectivity index (χ1) is 9.22. The highest BCUT2D eigenvalue weighted by molar-refractivity contribution is 9.09. The van der Waals surface area contributed by atoms with Crippen molar-refractivity contribution in [2.24, 2.45) is 0 Å². The molecule has 1 aromatic carbocycles. The van der Waals surface area contributed by atoms with Gasteiger partial charge in [-0.2, -0.15) is 0 Å². The van der Waals surface area contributed by atoms with Gasteiger partial charge in [0.05, 0.1) is 5.33 Å². The monoisotopic (exact) mass is 323 g/mol. The van der Waals surface area contributed by atoms with Crippen LogP contribution in [0.2, 0.25) is 0 Å². The van der Waals surface area contributed by atoms with Crippen LogP contribution in [-0.2, 0) is 0 Å². The van der Waals surface area contributed by atoms with Gasteiger partial charge < -0.3 is 4.90 Å². The van der Waals surface area contributed by atoms with Crippen molar-refractivity contribution in [2.45, 2.75) is 25.7 Å². The summed E-state index contributed by atoms with van der Waals surface area (Å²) in [5.41, 5.74) is 1.32. The zero-order valence-electron chi connectivity index (χ0n) is 10.9. The Hall–Kier alpha value is -1.16. The van der Waals surface area contributed by atoms with Crippen LogP contribution < -0.4 is 0 Å². The van der Waals surface area contributed by atoms with Crippen LogP contribution in [0, 0.1) is 0 Å². The summed E-state index contributed by atoms with van der Waals surface area (Å²) in [6.07, 6.45) is 4.60. The fourth-order valence-corrected chi connectivity index (χ4v) is 2.66. The van der Waals surface area contributed by atoms with Gasteiger partial charge in [0.25, 0.3) is 5.91 Å². The average molecular weight is 324 g/mol. The van der Waals surface area contributed by atoms with E-state index in [2.05, 4.69) is 15.9 Å². The molecule has 1 aliphatic rings. The Labute approximate surface area is 122 Å². The van der Waals surface area contributed by atoms with Crippen LogP contribution >= 0.6 is 15.9 Å². The number of Topliss-reactive ketones (excluding diaryl/α,β-unsaturated/α-hetero) is 1. The topological polar surface area (TPSA) is 37.4 Å². The SMILES string of the molecule is O=C(CBr)c1ccc(C(=O)N2CCCCCC2)cc1.